The molecule has 4 atom stereocenters. The third-order valence-electron chi connectivity index (χ3n) is 10.9. The summed E-state index contributed by atoms with van der Waals surface area (Å²) >= 11 is 1.55. The molecular formula is C33H38N10OS. The molecule has 0 amide bonds. The van der Waals surface area contributed by atoms with Gasteiger partial charge in [0.25, 0.3) is 0 Å². The molecule has 11 nitrogen and oxygen atoms in total. The predicted molar refractivity (Wildman–Crippen MR) is 172 cm³/mol. The van der Waals surface area contributed by atoms with Gasteiger partial charge in [0, 0.05) is 29.6 Å². The van der Waals surface area contributed by atoms with Crippen molar-refractivity contribution < 1.29 is 4.52 Å². The first-order valence-electron chi connectivity index (χ1n) is 16.3. The second kappa shape index (κ2) is 10.8. The number of piperidine rings is 1. The van der Waals surface area contributed by atoms with Crippen LogP contribution in [0.4, 0.5) is 10.8 Å². The van der Waals surface area contributed by atoms with Gasteiger partial charge >= 0.3 is 0 Å². The van der Waals surface area contributed by atoms with E-state index in [1.165, 1.54) is 11.3 Å². The third-order valence-corrected chi connectivity index (χ3v) is 12.0. The lowest BCUT2D eigenvalue weighted by Crippen LogP contribution is -2.36. The molecule has 0 unspecified atom stereocenters. The van der Waals surface area contributed by atoms with Crippen LogP contribution in [0.1, 0.15) is 91.7 Å². The maximum Gasteiger partial charge on any atom is 0.186 e. The van der Waals surface area contributed by atoms with Crippen molar-refractivity contribution in [2.45, 2.75) is 88.6 Å². The molecule has 1 spiro atoms. The molecule has 0 aromatic carbocycles. The Morgan fingerprint density at radius 2 is 1.93 bits per heavy atom. The van der Waals surface area contributed by atoms with E-state index in [0.29, 0.717) is 34.7 Å². The number of likely N-dealkylation sites (tertiary alicyclic amines) is 1. The highest BCUT2D eigenvalue weighted by Gasteiger charge is 2.49. The Bertz CT molecular complexity index is 1870. The molecule has 0 saturated carbocycles. The van der Waals surface area contributed by atoms with Crippen LogP contribution in [0, 0.1) is 28.6 Å². The Balaban J connectivity index is 1.29. The lowest BCUT2D eigenvalue weighted by molar-refractivity contribution is 0.232. The molecule has 2 fully saturated rings. The molecule has 8 rings (SSSR count). The van der Waals surface area contributed by atoms with Gasteiger partial charge in [0.2, 0.25) is 0 Å². The van der Waals surface area contributed by atoms with Crippen molar-refractivity contribution in [3.05, 3.63) is 33.5 Å². The number of nitrogens with zero attached hydrogens (tertiary/aromatic N) is 9. The van der Waals surface area contributed by atoms with E-state index in [4.69, 9.17) is 30.5 Å². The number of anilines is 2. The first-order valence-corrected chi connectivity index (χ1v) is 17.2. The fraction of sp³-hybridized carbons (Fsp3) is 0.576. The van der Waals surface area contributed by atoms with Crippen LogP contribution in [-0.4, -0.2) is 62.5 Å². The Labute approximate surface area is 266 Å². The number of likely N-dealkylation sites (N-methyl/N-ethyl adjacent to an activating group) is 1. The minimum Gasteiger partial charge on any atom is -0.389 e. The fourth-order valence-electron chi connectivity index (χ4n) is 8.76. The van der Waals surface area contributed by atoms with Gasteiger partial charge in [-0.15, -0.1) is 11.3 Å². The van der Waals surface area contributed by atoms with Crippen LogP contribution < -0.4 is 10.6 Å². The highest BCUT2D eigenvalue weighted by molar-refractivity contribution is 7.16. The van der Waals surface area contributed by atoms with Crippen molar-refractivity contribution in [1.82, 2.24) is 29.8 Å². The van der Waals surface area contributed by atoms with Crippen molar-refractivity contribution in [2.24, 2.45) is 5.92 Å². The Morgan fingerprint density at radius 3 is 2.71 bits per heavy atom. The zero-order valence-electron chi connectivity index (χ0n) is 25.9. The Morgan fingerprint density at radius 1 is 1.11 bits per heavy atom. The molecule has 4 aromatic heterocycles. The number of aryl methyl sites for hydroxylation is 1. The van der Waals surface area contributed by atoms with E-state index in [0.717, 1.165) is 105 Å². The topological polar surface area (TPSA) is 150 Å². The smallest absolute Gasteiger partial charge is 0.186 e. The first kappa shape index (κ1) is 28.5. The van der Waals surface area contributed by atoms with Crippen LogP contribution in [0.15, 0.2) is 10.7 Å². The fourth-order valence-corrected chi connectivity index (χ4v) is 9.92. The molecule has 45 heavy (non-hydrogen) atoms. The zero-order chi connectivity index (χ0) is 30.9. The predicted octanol–water partition coefficient (Wildman–Crippen LogP) is 5.35. The molecule has 0 bridgehead atoms. The summed E-state index contributed by atoms with van der Waals surface area (Å²) in [5, 5.41) is 31.0. The summed E-state index contributed by atoms with van der Waals surface area (Å²) < 4.78 is 8.39. The summed E-state index contributed by atoms with van der Waals surface area (Å²) in [6.07, 6.45) is 11.6. The number of hydrogen-bond acceptors (Lipinski definition) is 11. The quantitative estimate of drug-likeness (QED) is 0.315. The van der Waals surface area contributed by atoms with Gasteiger partial charge in [0.15, 0.2) is 22.9 Å². The maximum absolute atomic E-state index is 10.1. The summed E-state index contributed by atoms with van der Waals surface area (Å²) in [6.45, 7) is 4.78. The number of thiophene rings is 1. The van der Waals surface area contributed by atoms with E-state index >= 15 is 0 Å². The number of nitrogen functional groups attached to an aromatic ring is 1. The molecule has 2 N–H and O–H groups in total. The van der Waals surface area contributed by atoms with Crippen molar-refractivity contribution in [3.63, 3.8) is 0 Å². The number of nitrogens with two attached hydrogens (primary N) is 1. The van der Waals surface area contributed by atoms with Gasteiger partial charge in [-0.1, -0.05) is 5.16 Å². The first-order chi connectivity index (χ1) is 21.9. The van der Waals surface area contributed by atoms with Gasteiger partial charge in [-0.25, -0.2) is 14.6 Å². The summed E-state index contributed by atoms with van der Waals surface area (Å²) in [4.78, 5) is 16.2. The largest absolute Gasteiger partial charge is 0.389 e. The van der Waals surface area contributed by atoms with Gasteiger partial charge in [0.1, 0.15) is 16.9 Å². The van der Waals surface area contributed by atoms with Crippen molar-refractivity contribution in [2.75, 3.05) is 37.3 Å². The highest BCUT2D eigenvalue weighted by atomic mass is 32.1. The summed E-state index contributed by atoms with van der Waals surface area (Å²) in [7, 11) is 2.19. The molecule has 4 aliphatic rings. The number of rotatable bonds is 4. The molecule has 2 aliphatic carbocycles. The SMILES string of the molecule is C[C@@H]([C@@H]1CCCN1C)n1ncc2c(N3CCC[C@@H](C#N)C3)nc(-c3noc4c3CCC[C@@]43CCCc4sc(N)c(C#N)c43)nc21. The van der Waals surface area contributed by atoms with Gasteiger partial charge < -0.3 is 20.1 Å². The lowest BCUT2D eigenvalue weighted by Gasteiger charge is -2.39. The molecule has 2 aliphatic heterocycles. The van der Waals surface area contributed by atoms with Crippen LogP contribution in [0.3, 0.4) is 0 Å². The summed E-state index contributed by atoms with van der Waals surface area (Å²) in [5.74, 6) is 2.16. The van der Waals surface area contributed by atoms with Crippen molar-refractivity contribution >= 4 is 33.2 Å². The number of aromatic nitrogens is 5. The number of nitriles is 2. The zero-order valence-corrected chi connectivity index (χ0v) is 26.7. The van der Waals surface area contributed by atoms with E-state index < -0.39 is 5.41 Å². The molecule has 2 saturated heterocycles. The van der Waals surface area contributed by atoms with E-state index in [1.807, 2.05) is 6.20 Å². The molecule has 232 valence electrons. The summed E-state index contributed by atoms with van der Waals surface area (Å²) in [6, 6.07) is 5.40. The normalized spacial score (nSPS) is 25.6. The maximum atomic E-state index is 10.1. The van der Waals surface area contributed by atoms with Gasteiger partial charge in [-0.2, -0.15) is 15.6 Å². The van der Waals surface area contributed by atoms with E-state index in [1.54, 1.807) is 11.3 Å². The highest BCUT2D eigenvalue weighted by Crippen LogP contribution is 2.55. The monoisotopic (exact) mass is 622 g/mol. The Kier molecular flexibility index (Phi) is 6.84. The second-order valence-corrected chi connectivity index (χ2v) is 14.6. The van der Waals surface area contributed by atoms with Gasteiger partial charge in [-0.3, -0.25) is 0 Å². The Hall–Kier alpha value is -4.00. The van der Waals surface area contributed by atoms with E-state index in [9.17, 15) is 10.5 Å². The molecule has 6 heterocycles. The van der Waals surface area contributed by atoms with Gasteiger partial charge in [0.05, 0.1) is 40.6 Å². The van der Waals surface area contributed by atoms with Crippen molar-refractivity contribution in [3.8, 4) is 23.7 Å². The summed E-state index contributed by atoms with van der Waals surface area (Å²) in [5.41, 5.74) is 10.1. The minimum atomic E-state index is -0.408. The molecular weight excluding hydrogens is 584 g/mol. The average Bonchev–Trinajstić information content (AvgIpc) is 3.85. The number of hydrogen-bond donors (Lipinski definition) is 1. The molecule has 4 aromatic rings. The van der Waals surface area contributed by atoms with Crippen LogP contribution in [-0.2, 0) is 18.3 Å². The lowest BCUT2D eigenvalue weighted by atomic mass is 9.63. The average molecular weight is 623 g/mol. The second-order valence-electron chi connectivity index (χ2n) is 13.4. The van der Waals surface area contributed by atoms with E-state index in [2.05, 4.69) is 40.6 Å². The van der Waals surface area contributed by atoms with Gasteiger partial charge in [-0.05, 0) is 90.3 Å². The minimum absolute atomic E-state index is 0.0409. The van der Waals surface area contributed by atoms with E-state index in [-0.39, 0.29) is 12.0 Å². The van der Waals surface area contributed by atoms with Crippen LogP contribution in [0.5, 0.6) is 0 Å². The van der Waals surface area contributed by atoms with Crippen LogP contribution >= 0.6 is 11.3 Å². The van der Waals surface area contributed by atoms with Crippen molar-refractivity contribution in [1.29, 1.82) is 10.5 Å². The number of fused-ring (bicyclic) bond motifs is 5. The van der Waals surface area contributed by atoms with Crippen LogP contribution in [0.25, 0.3) is 22.6 Å². The molecule has 12 heteroatoms. The molecule has 0 radical (unpaired) electrons. The standard InChI is InChI=1S/C33H38N10OS/c1-19(24-9-6-13-41(24)2)43-32-23(17-37-43)31(42-14-5-7-20(15-34)18-42)38-30(39-32)27-21-8-3-11-33(28(21)44-40-27)12-4-10-25-26(33)22(16-35)29(36)45-25/h17,19-20,24H,3-14,18,36H2,1-2H3/t19-,20-,24-,33-/m0/s1. The van der Waals surface area contributed by atoms with Crippen LogP contribution in [0.2, 0.25) is 0 Å². The third kappa shape index (κ3) is 4.29.